The van der Waals surface area contributed by atoms with Gasteiger partial charge in [0.2, 0.25) is 0 Å². The molecule has 0 atom stereocenters. The molecule has 3 rings (SSSR count). The summed E-state index contributed by atoms with van der Waals surface area (Å²) in [6, 6.07) is 14.6. The third-order valence-corrected chi connectivity index (χ3v) is 5.21. The third-order valence-electron chi connectivity index (χ3n) is 4.15. The molecule has 0 spiro atoms. The maximum atomic E-state index is 12.7. The smallest absolute Gasteiger partial charge is 0.325 e. The summed E-state index contributed by atoms with van der Waals surface area (Å²) in [5, 5.41) is 0. The predicted molar refractivity (Wildman–Crippen MR) is 109 cm³/mol. The minimum Gasteiger partial charge on any atom is -0.494 e. The van der Waals surface area contributed by atoms with Gasteiger partial charge in [0.1, 0.15) is 12.3 Å². The summed E-state index contributed by atoms with van der Waals surface area (Å²) in [5.41, 5.74) is 1.28. The summed E-state index contributed by atoms with van der Waals surface area (Å²) < 4.78 is 13.1. The molecule has 0 radical (unpaired) electrons. The van der Waals surface area contributed by atoms with Crippen LogP contribution in [-0.2, 0) is 16.1 Å². The Morgan fingerprint density at radius 1 is 1.14 bits per heavy atom. The van der Waals surface area contributed by atoms with Gasteiger partial charge < -0.3 is 14.0 Å². The Bertz CT molecular complexity index is 1050. The zero-order valence-corrected chi connectivity index (χ0v) is 16.7. The molecule has 6 nitrogen and oxygen atoms in total. The first-order valence-corrected chi connectivity index (χ1v) is 9.91. The molecule has 0 unspecified atom stereocenters. The summed E-state index contributed by atoms with van der Waals surface area (Å²) in [7, 11) is 1.34. The lowest BCUT2D eigenvalue weighted by Gasteiger charge is -2.06. The van der Waals surface area contributed by atoms with Crippen molar-refractivity contribution < 1.29 is 19.1 Å². The van der Waals surface area contributed by atoms with Crippen LogP contribution in [0.1, 0.15) is 30.1 Å². The molecular weight excluding hydrogens is 376 g/mol. The van der Waals surface area contributed by atoms with E-state index in [1.807, 2.05) is 30.3 Å². The highest BCUT2D eigenvalue weighted by Gasteiger charge is 2.12. The van der Waals surface area contributed by atoms with E-state index in [0.717, 1.165) is 23.1 Å². The molecule has 0 saturated carbocycles. The number of carbonyl (C=O) groups is 2. The van der Waals surface area contributed by atoms with E-state index in [0.29, 0.717) is 22.7 Å². The lowest BCUT2D eigenvalue weighted by molar-refractivity contribution is -0.141. The fourth-order valence-electron chi connectivity index (χ4n) is 2.66. The number of unbranched alkanes of at least 4 members (excludes halogenated alkanes) is 1. The number of rotatable bonds is 7. The summed E-state index contributed by atoms with van der Waals surface area (Å²) in [4.78, 5) is 29.3. The van der Waals surface area contributed by atoms with Gasteiger partial charge in [0.25, 0.3) is 5.91 Å². The largest absolute Gasteiger partial charge is 0.494 e. The van der Waals surface area contributed by atoms with E-state index in [1.54, 1.807) is 22.8 Å². The van der Waals surface area contributed by atoms with Crippen molar-refractivity contribution in [2.24, 2.45) is 4.99 Å². The number of nitrogens with zero attached hydrogens (tertiary/aromatic N) is 2. The molecule has 0 N–H and O–H groups in total. The molecular formula is C21H22N2O4S. The number of hydrogen-bond acceptors (Lipinski definition) is 5. The number of fused-ring (bicyclic) bond motifs is 1. The van der Waals surface area contributed by atoms with Gasteiger partial charge in [-0.25, -0.2) is 0 Å². The molecule has 2 aromatic carbocycles. The highest BCUT2D eigenvalue weighted by molar-refractivity contribution is 7.16. The molecule has 0 aliphatic carbocycles. The summed E-state index contributed by atoms with van der Waals surface area (Å²) in [6.45, 7) is 2.70. The van der Waals surface area contributed by atoms with E-state index in [2.05, 4.69) is 11.9 Å². The molecule has 1 amide bonds. The number of carbonyl (C=O) groups excluding carboxylic acids is 2. The first-order valence-electron chi connectivity index (χ1n) is 9.09. The van der Waals surface area contributed by atoms with Crippen LogP contribution >= 0.6 is 11.3 Å². The van der Waals surface area contributed by atoms with Gasteiger partial charge in [-0.1, -0.05) is 42.9 Å². The van der Waals surface area contributed by atoms with Crippen LogP contribution in [0.2, 0.25) is 0 Å². The van der Waals surface area contributed by atoms with Crippen molar-refractivity contribution in [3.05, 3.63) is 58.9 Å². The molecule has 0 saturated heterocycles. The molecule has 0 fully saturated rings. The van der Waals surface area contributed by atoms with Crippen LogP contribution in [0.4, 0.5) is 0 Å². The van der Waals surface area contributed by atoms with Gasteiger partial charge in [0.15, 0.2) is 4.80 Å². The standard InChI is InChI=1S/C21H22N2O4S/c1-3-4-12-27-16-9-7-8-15(13-16)20(25)22-21-23(14-19(24)26-2)17-10-5-6-11-18(17)28-21/h5-11,13H,3-4,12,14H2,1-2H3. The summed E-state index contributed by atoms with van der Waals surface area (Å²) >= 11 is 1.36. The Kier molecular flexibility index (Phi) is 6.60. The third kappa shape index (κ3) is 4.67. The van der Waals surface area contributed by atoms with Crippen LogP contribution in [0.3, 0.4) is 0 Å². The number of methoxy groups -OCH3 is 1. The Morgan fingerprint density at radius 3 is 2.75 bits per heavy atom. The van der Waals surface area contributed by atoms with E-state index >= 15 is 0 Å². The Hall–Kier alpha value is -2.93. The van der Waals surface area contributed by atoms with Crippen molar-refractivity contribution >= 4 is 33.4 Å². The molecule has 1 heterocycles. The van der Waals surface area contributed by atoms with Gasteiger partial charge >= 0.3 is 5.97 Å². The number of esters is 1. The summed E-state index contributed by atoms with van der Waals surface area (Å²) in [5.74, 6) is -0.136. The second-order valence-electron chi connectivity index (χ2n) is 6.16. The van der Waals surface area contributed by atoms with E-state index in [-0.39, 0.29) is 12.5 Å². The Labute approximate surface area is 167 Å². The minimum absolute atomic E-state index is 0.00715. The van der Waals surface area contributed by atoms with Crippen molar-refractivity contribution in [3.8, 4) is 5.75 Å². The van der Waals surface area contributed by atoms with Crippen LogP contribution in [0, 0.1) is 0 Å². The predicted octanol–water partition coefficient (Wildman–Crippen LogP) is 3.80. The normalized spacial score (nSPS) is 11.6. The molecule has 7 heteroatoms. The monoisotopic (exact) mass is 398 g/mol. The summed E-state index contributed by atoms with van der Waals surface area (Å²) in [6.07, 6.45) is 2.00. The van der Waals surface area contributed by atoms with E-state index in [9.17, 15) is 9.59 Å². The van der Waals surface area contributed by atoms with Gasteiger partial charge in [0.05, 0.1) is 23.9 Å². The first kappa shape index (κ1) is 19.8. The van der Waals surface area contributed by atoms with Crippen molar-refractivity contribution in [1.29, 1.82) is 0 Å². The highest BCUT2D eigenvalue weighted by atomic mass is 32.1. The number of hydrogen-bond donors (Lipinski definition) is 0. The lowest BCUT2D eigenvalue weighted by Crippen LogP contribution is -2.22. The molecule has 0 aliphatic heterocycles. The zero-order chi connectivity index (χ0) is 19.9. The molecule has 0 aliphatic rings. The van der Waals surface area contributed by atoms with Crippen LogP contribution < -0.4 is 9.54 Å². The van der Waals surface area contributed by atoms with Gasteiger partial charge in [0, 0.05) is 5.56 Å². The number of benzene rings is 2. The van der Waals surface area contributed by atoms with Crippen LogP contribution in [0.5, 0.6) is 5.75 Å². The van der Waals surface area contributed by atoms with Crippen molar-refractivity contribution in [2.45, 2.75) is 26.3 Å². The van der Waals surface area contributed by atoms with Gasteiger partial charge in [-0.05, 0) is 36.8 Å². The van der Waals surface area contributed by atoms with Crippen molar-refractivity contribution in [3.63, 3.8) is 0 Å². The number of ether oxygens (including phenoxy) is 2. The molecule has 28 heavy (non-hydrogen) atoms. The van der Waals surface area contributed by atoms with Gasteiger partial charge in [-0.2, -0.15) is 4.99 Å². The SMILES string of the molecule is CCCCOc1cccc(C(=O)N=c2sc3ccccc3n2CC(=O)OC)c1. The van der Waals surface area contributed by atoms with Gasteiger partial charge in [-0.3, -0.25) is 9.59 Å². The molecule has 146 valence electrons. The van der Waals surface area contributed by atoms with Crippen LogP contribution in [-0.4, -0.2) is 30.2 Å². The maximum Gasteiger partial charge on any atom is 0.325 e. The average molecular weight is 398 g/mol. The first-order chi connectivity index (χ1) is 13.6. The minimum atomic E-state index is -0.399. The number of para-hydroxylation sites is 1. The average Bonchev–Trinajstić information content (AvgIpc) is 3.05. The van der Waals surface area contributed by atoms with E-state index in [4.69, 9.17) is 9.47 Å². The number of thiazole rings is 1. The fourth-order valence-corrected chi connectivity index (χ4v) is 3.69. The zero-order valence-electron chi connectivity index (χ0n) is 15.9. The highest BCUT2D eigenvalue weighted by Crippen LogP contribution is 2.18. The van der Waals surface area contributed by atoms with E-state index < -0.39 is 5.97 Å². The lowest BCUT2D eigenvalue weighted by atomic mass is 10.2. The van der Waals surface area contributed by atoms with Gasteiger partial charge in [-0.15, -0.1) is 0 Å². The maximum absolute atomic E-state index is 12.7. The van der Waals surface area contributed by atoms with Crippen LogP contribution in [0.15, 0.2) is 53.5 Å². The molecule has 1 aromatic heterocycles. The van der Waals surface area contributed by atoms with Crippen LogP contribution in [0.25, 0.3) is 10.2 Å². The Morgan fingerprint density at radius 2 is 1.96 bits per heavy atom. The topological polar surface area (TPSA) is 69.9 Å². The van der Waals surface area contributed by atoms with Crippen molar-refractivity contribution in [1.82, 2.24) is 4.57 Å². The molecule has 3 aromatic rings. The van der Waals surface area contributed by atoms with E-state index in [1.165, 1.54) is 18.4 Å². The number of aromatic nitrogens is 1. The molecule has 0 bridgehead atoms. The second-order valence-corrected chi connectivity index (χ2v) is 7.17. The quantitative estimate of drug-likeness (QED) is 0.448. The van der Waals surface area contributed by atoms with Crippen molar-refractivity contribution in [2.75, 3.05) is 13.7 Å². The Balaban J connectivity index is 1.95. The fraction of sp³-hybridized carbons (Fsp3) is 0.286. The number of amides is 1. The second kappa shape index (κ2) is 9.32.